The molecule has 2 N–H and O–H groups in total. The summed E-state index contributed by atoms with van der Waals surface area (Å²) in [7, 11) is -3.93. The van der Waals surface area contributed by atoms with E-state index in [-0.39, 0.29) is 29.6 Å². The van der Waals surface area contributed by atoms with E-state index in [0.29, 0.717) is 6.42 Å². The fraction of sp³-hybridized carbons (Fsp3) is 0.500. The minimum absolute atomic E-state index is 0.137. The summed E-state index contributed by atoms with van der Waals surface area (Å²) in [5.41, 5.74) is 4.45. The highest BCUT2D eigenvalue weighted by atomic mass is 32.2. The summed E-state index contributed by atoms with van der Waals surface area (Å²) in [6.07, 6.45) is -4.06. The molecule has 0 aliphatic carbocycles. The molecule has 1 saturated heterocycles. The van der Waals surface area contributed by atoms with Crippen molar-refractivity contribution in [2.75, 3.05) is 13.1 Å². The zero-order valence-corrected chi connectivity index (χ0v) is 11.6. The van der Waals surface area contributed by atoms with Crippen molar-refractivity contribution in [3.8, 4) is 0 Å². The van der Waals surface area contributed by atoms with Crippen molar-refractivity contribution in [1.82, 2.24) is 4.31 Å². The molecule has 1 atom stereocenters. The first-order valence-electron chi connectivity index (χ1n) is 6.06. The summed E-state index contributed by atoms with van der Waals surface area (Å²) >= 11 is 0. The lowest BCUT2D eigenvalue weighted by molar-refractivity contribution is -0.138. The number of nitrogens with two attached hydrogens (primary N) is 1. The first-order chi connectivity index (χ1) is 9.14. The van der Waals surface area contributed by atoms with Crippen LogP contribution in [0.1, 0.15) is 17.5 Å². The fourth-order valence-corrected chi connectivity index (χ4v) is 4.07. The summed E-state index contributed by atoms with van der Waals surface area (Å²) < 4.78 is 64.4. The van der Waals surface area contributed by atoms with Crippen molar-refractivity contribution in [3.63, 3.8) is 0 Å². The van der Waals surface area contributed by atoms with E-state index in [1.165, 1.54) is 13.0 Å². The van der Waals surface area contributed by atoms with Crippen LogP contribution in [0.2, 0.25) is 0 Å². The van der Waals surface area contributed by atoms with Crippen LogP contribution in [0.15, 0.2) is 23.1 Å². The average molecular weight is 308 g/mol. The molecule has 1 aromatic rings. The molecule has 2 rings (SSSR count). The first-order valence-corrected chi connectivity index (χ1v) is 7.50. The van der Waals surface area contributed by atoms with Crippen LogP contribution in [-0.4, -0.2) is 31.9 Å². The van der Waals surface area contributed by atoms with Crippen LogP contribution < -0.4 is 5.73 Å². The Morgan fingerprint density at radius 3 is 2.50 bits per heavy atom. The summed E-state index contributed by atoms with van der Waals surface area (Å²) in [6.45, 7) is 1.54. The Morgan fingerprint density at radius 2 is 2.00 bits per heavy atom. The van der Waals surface area contributed by atoms with Crippen LogP contribution in [0.25, 0.3) is 0 Å². The van der Waals surface area contributed by atoms with Gasteiger partial charge in [0.1, 0.15) is 0 Å². The molecule has 20 heavy (non-hydrogen) atoms. The molecule has 0 saturated carbocycles. The lowest BCUT2D eigenvalue weighted by Gasteiger charge is -2.19. The molecule has 1 aromatic carbocycles. The van der Waals surface area contributed by atoms with Crippen LogP contribution in [0.4, 0.5) is 13.2 Å². The molecule has 0 aromatic heterocycles. The van der Waals surface area contributed by atoms with Crippen LogP contribution >= 0.6 is 0 Å². The maximum atomic E-state index is 12.8. The van der Waals surface area contributed by atoms with Crippen molar-refractivity contribution in [1.29, 1.82) is 0 Å². The van der Waals surface area contributed by atoms with E-state index in [4.69, 9.17) is 5.73 Å². The maximum Gasteiger partial charge on any atom is 0.416 e. The second-order valence-electron chi connectivity index (χ2n) is 4.84. The number of benzene rings is 1. The molecule has 1 aliphatic heterocycles. The van der Waals surface area contributed by atoms with Crippen molar-refractivity contribution in [3.05, 3.63) is 29.3 Å². The lowest BCUT2D eigenvalue weighted by atomic mass is 10.1. The highest BCUT2D eigenvalue weighted by molar-refractivity contribution is 7.89. The molecular formula is C12H15F3N2O2S. The molecule has 0 spiro atoms. The van der Waals surface area contributed by atoms with Crippen LogP contribution in [0, 0.1) is 6.92 Å². The average Bonchev–Trinajstić information content (AvgIpc) is 2.75. The van der Waals surface area contributed by atoms with Crippen molar-refractivity contribution >= 4 is 10.0 Å². The molecule has 112 valence electrons. The highest BCUT2D eigenvalue weighted by Gasteiger charge is 2.37. The number of nitrogens with zero attached hydrogens (tertiary/aromatic N) is 1. The zero-order chi connectivity index (χ0) is 15.1. The Balaban J connectivity index is 2.48. The number of rotatable bonds is 2. The standard InChI is InChI=1S/C12H15F3N2O2S/c1-8-10(12(13,14)15)3-2-4-11(8)20(18,19)17-6-5-9(16)7-17/h2-4,9H,5-7,16H2,1H3/t9-/m0/s1. The van der Waals surface area contributed by atoms with Gasteiger partial charge in [0, 0.05) is 19.1 Å². The van der Waals surface area contributed by atoms with Gasteiger partial charge < -0.3 is 5.73 Å². The zero-order valence-electron chi connectivity index (χ0n) is 10.8. The van der Waals surface area contributed by atoms with E-state index < -0.39 is 21.8 Å². The van der Waals surface area contributed by atoms with Crippen molar-refractivity contribution in [2.45, 2.75) is 30.5 Å². The molecule has 0 bridgehead atoms. The third kappa shape index (κ3) is 2.68. The third-order valence-electron chi connectivity index (χ3n) is 3.39. The molecule has 0 amide bonds. The van der Waals surface area contributed by atoms with E-state index in [2.05, 4.69) is 0 Å². The monoisotopic (exact) mass is 308 g/mol. The predicted molar refractivity (Wildman–Crippen MR) is 67.5 cm³/mol. The minimum atomic E-state index is -4.57. The Bertz CT molecular complexity index is 614. The van der Waals surface area contributed by atoms with Gasteiger partial charge in [-0.2, -0.15) is 17.5 Å². The lowest BCUT2D eigenvalue weighted by Crippen LogP contribution is -2.32. The third-order valence-corrected chi connectivity index (χ3v) is 5.40. The van der Waals surface area contributed by atoms with E-state index >= 15 is 0 Å². The molecule has 0 radical (unpaired) electrons. The molecule has 1 aliphatic rings. The van der Waals surface area contributed by atoms with Gasteiger partial charge in [-0.1, -0.05) is 6.07 Å². The minimum Gasteiger partial charge on any atom is -0.326 e. The van der Waals surface area contributed by atoms with Gasteiger partial charge in [-0.15, -0.1) is 0 Å². The Kier molecular flexibility index (Phi) is 3.83. The van der Waals surface area contributed by atoms with Gasteiger partial charge in [-0.05, 0) is 31.0 Å². The SMILES string of the molecule is Cc1c(C(F)(F)F)cccc1S(=O)(=O)N1CC[C@H](N)C1. The van der Waals surface area contributed by atoms with E-state index in [0.717, 1.165) is 16.4 Å². The van der Waals surface area contributed by atoms with Gasteiger partial charge in [0.25, 0.3) is 0 Å². The van der Waals surface area contributed by atoms with E-state index in [1.807, 2.05) is 0 Å². The summed E-state index contributed by atoms with van der Waals surface area (Å²) in [4.78, 5) is -0.304. The molecule has 1 fully saturated rings. The number of halogens is 3. The fourth-order valence-electron chi connectivity index (χ4n) is 2.31. The molecule has 0 unspecified atom stereocenters. The number of alkyl halides is 3. The Hall–Kier alpha value is -1.12. The quantitative estimate of drug-likeness (QED) is 0.905. The molecule has 8 heteroatoms. The first kappa shape index (κ1) is 15.3. The van der Waals surface area contributed by atoms with Crippen molar-refractivity contribution < 1.29 is 21.6 Å². The Morgan fingerprint density at radius 1 is 1.35 bits per heavy atom. The smallest absolute Gasteiger partial charge is 0.326 e. The van der Waals surface area contributed by atoms with Gasteiger partial charge in [0.05, 0.1) is 10.5 Å². The molecule has 4 nitrogen and oxygen atoms in total. The molecular weight excluding hydrogens is 293 g/mol. The summed E-state index contributed by atoms with van der Waals surface area (Å²) in [6, 6.07) is 2.92. The predicted octanol–water partition coefficient (Wildman–Crippen LogP) is 1.74. The van der Waals surface area contributed by atoms with Crippen LogP contribution in [0.3, 0.4) is 0 Å². The second-order valence-corrected chi connectivity index (χ2v) is 6.74. The normalized spacial score (nSPS) is 21.4. The maximum absolute atomic E-state index is 12.8. The van der Waals surface area contributed by atoms with Gasteiger partial charge >= 0.3 is 6.18 Å². The van der Waals surface area contributed by atoms with E-state index in [1.54, 1.807) is 0 Å². The second kappa shape index (κ2) is 5.01. The molecule has 1 heterocycles. The highest BCUT2D eigenvalue weighted by Crippen LogP contribution is 2.35. The van der Waals surface area contributed by atoms with Crippen LogP contribution in [0.5, 0.6) is 0 Å². The Labute approximate surface area is 115 Å². The van der Waals surface area contributed by atoms with Gasteiger partial charge in [0.15, 0.2) is 0 Å². The number of hydrogen-bond acceptors (Lipinski definition) is 3. The van der Waals surface area contributed by atoms with Crippen molar-refractivity contribution in [2.24, 2.45) is 5.73 Å². The van der Waals surface area contributed by atoms with Gasteiger partial charge in [0.2, 0.25) is 10.0 Å². The number of hydrogen-bond donors (Lipinski definition) is 1. The topological polar surface area (TPSA) is 63.4 Å². The van der Waals surface area contributed by atoms with Gasteiger partial charge in [-0.3, -0.25) is 0 Å². The van der Waals surface area contributed by atoms with Crippen LogP contribution in [-0.2, 0) is 16.2 Å². The van der Waals surface area contributed by atoms with E-state index in [9.17, 15) is 21.6 Å². The largest absolute Gasteiger partial charge is 0.416 e. The number of sulfonamides is 1. The van der Waals surface area contributed by atoms with Gasteiger partial charge in [-0.25, -0.2) is 8.42 Å². The summed E-state index contributed by atoms with van der Waals surface area (Å²) in [5.74, 6) is 0. The summed E-state index contributed by atoms with van der Waals surface area (Å²) in [5, 5.41) is 0.